The largest absolute Gasteiger partial charge is 0.398 e. The molecule has 1 aromatic carbocycles. The van der Waals surface area contributed by atoms with Gasteiger partial charge in [0.25, 0.3) is 0 Å². The van der Waals surface area contributed by atoms with Crippen LogP contribution in [0.2, 0.25) is 5.02 Å². The molecule has 2 aromatic rings. The number of benzene rings is 1. The number of nitrogen functional groups attached to an aromatic ring is 1. The number of nitrogens with one attached hydrogen (secondary N) is 1. The van der Waals surface area contributed by atoms with Gasteiger partial charge in [0.2, 0.25) is 10.0 Å². The van der Waals surface area contributed by atoms with E-state index in [-0.39, 0.29) is 21.6 Å². The lowest BCUT2D eigenvalue weighted by Gasteiger charge is -2.16. The molecule has 1 unspecified atom stereocenters. The van der Waals surface area contributed by atoms with Gasteiger partial charge >= 0.3 is 0 Å². The van der Waals surface area contributed by atoms with Crippen molar-refractivity contribution in [3.05, 3.63) is 41.9 Å². The minimum Gasteiger partial charge on any atom is -0.398 e. The molecule has 0 amide bonds. The average Bonchev–Trinajstić information content (AvgIpc) is 2.79. The summed E-state index contributed by atoms with van der Waals surface area (Å²) in [6.07, 6.45) is 5.01. The molecule has 1 aromatic heterocycles. The highest BCUT2D eigenvalue weighted by atomic mass is 35.5. The number of nitrogens with zero attached hydrogens (tertiary/aromatic N) is 2. The molecule has 1 atom stereocenters. The fraction of sp³-hybridized carbons (Fsp3) is 0.250. The Morgan fingerprint density at radius 3 is 2.85 bits per heavy atom. The van der Waals surface area contributed by atoms with E-state index in [2.05, 4.69) is 9.71 Å². The summed E-state index contributed by atoms with van der Waals surface area (Å²) >= 11 is 5.93. The van der Waals surface area contributed by atoms with Crippen LogP contribution in [-0.4, -0.2) is 24.0 Å². The topological polar surface area (TPSA) is 90.0 Å². The zero-order chi connectivity index (χ0) is 14.8. The molecule has 0 saturated carbocycles. The fourth-order valence-corrected chi connectivity index (χ4v) is 3.79. The minimum absolute atomic E-state index is 0.0841. The Hall–Kier alpha value is -1.57. The lowest BCUT2D eigenvalue weighted by atomic mass is 10.3. The average molecular weight is 315 g/mol. The smallest absolute Gasteiger partial charge is 0.244 e. The first-order valence-corrected chi connectivity index (χ1v) is 7.78. The van der Waals surface area contributed by atoms with E-state index in [0.29, 0.717) is 6.54 Å². The van der Waals surface area contributed by atoms with E-state index in [1.54, 1.807) is 36.3 Å². The van der Waals surface area contributed by atoms with Gasteiger partial charge in [-0.25, -0.2) is 18.1 Å². The number of hydrogen-bond donors (Lipinski definition) is 2. The molecule has 108 valence electrons. The molecule has 0 fully saturated rings. The summed E-state index contributed by atoms with van der Waals surface area (Å²) in [7, 11) is -3.76. The quantitative estimate of drug-likeness (QED) is 0.818. The van der Waals surface area contributed by atoms with Gasteiger partial charge in [-0.3, -0.25) is 0 Å². The van der Waals surface area contributed by atoms with E-state index < -0.39 is 10.0 Å². The fourth-order valence-electron chi connectivity index (χ4n) is 1.88. The Labute approximate surface area is 122 Å². The van der Waals surface area contributed by atoms with Gasteiger partial charge in [-0.15, -0.1) is 0 Å². The molecule has 6 nitrogen and oxygen atoms in total. The molecule has 0 aliphatic carbocycles. The van der Waals surface area contributed by atoms with Crippen LogP contribution in [-0.2, 0) is 16.6 Å². The van der Waals surface area contributed by atoms with Crippen LogP contribution in [0.15, 0.2) is 41.8 Å². The van der Waals surface area contributed by atoms with Gasteiger partial charge in [0, 0.05) is 25.0 Å². The van der Waals surface area contributed by atoms with Gasteiger partial charge in [0.15, 0.2) is 0 Å². The number of anilines is 1. The molecule has 0 radical (unpaired) electrons. The predicted octanol–water partition coefficient (Wildman–Crippen LogP) is 1.49. The third-order valence-electron chi connectivity index (χ3n) is 2.67. The summed E-state index contributed by atoms with van der Waals surface area (Å²) in [4.78, 5) is 3.82. The van der Waals surface area contributed by atoms with Crippen LogP contribution < -0.4 is 10.5 Å². The molecule has 2 rings (SSSR count). The van der Waals surface area contributed by atoms with Crippen molar-refractivity contribution in [1.29, 1.82) is 0 Å². The molecule has 3 N–H and O–H groups in total. The number of halogens is 1. The van der Waals surface area contributed by atoms with E-state index in [1.807, 2.05) is 0 Å². The molecule has 0 aliphatic heterocycles. The molecule has 0 aliphatic rings. The Morgan fingerprint density at radius 1 is 1.50 bits per heavy atom. The van der Waals surface area contributed by atoms with Crippen LogP contribution in [0.1, 0.15) is 6.92 Å². The van der Waals surface area contributed by atoms with Crippen molar-refractivity contribution >= 4 is 27.3 Å². The van der Waals surface area contributed by atoms with Gasteiger partial charge < -0.3 is 10.3 Å². The van der Waals surface area contributed by atoms with Gasteiger partial charge in [-0.2, -0.15) is 0 Å². The normalized spacial score (nSPS) is 13.3. The van der Waals surface area contributed by atoms with Gasteiger partial charge in [0.1, 0.15) is 4.90 Å². The first-order valence-electron chi connectivity index (χ1n) is 5.92. The van der Waals surface area contributed by atoms with Crippen molar-refractivity contribution in [3.8, 4) is 0 Å². The SMILES string of the molecule is CC(Cn1ccnc1)NS(=O)(=O)c1c(N)cccc1Cl. The molecule has 0 spiro atoms. The Bertz CT molecular complexity index is 665. The summed E-state index contributed by atoms with van der Waals surface area (Å²) in [5.74, 6) is 0. The summed E-state index contributed by atoms with van der Waals surface area (Å²) in [6.45, 7) is 2.22. The Morgan fingerprint density at radius 2 is 2.25 bits per heavy atom. The van der Waals surface area contributed by atoms with Crippen LogP contribution in [0, 0.1) is 0 Å². The lowest BCUT2D eigenvalue weighted by molar-refractivity contribution is 0.520. The lowest BCUT2D eigenvalue weighted by Crippen LogP contribution is -2.35. The van der Waals surface area contributed by atoms with E-state index in [4.69, 9.17) is 17.3 Å². The van der Waals surface area contributed by atoms with Gasteiger partial charge in [-0.1, -0.05) is 17.7 Å². The highest BCUT2D eigenvalue weighted by molar-refractivity contribution is 7.89. The zero-order valence-electron chi connectivity index (χ0n) is 10.8. The number of sulfonamides is 1. The molecular formula is C12H15ClN4O2S. The molecule has 20 heavy (non-hydrogen) atoms. The van der Waals surface area contributed by atoms with Crippen molar-refractivity contribution in [2.45, 2.75) is 24.4 Å². The van der Waals surface area contributed by atoms with Crippen molar-refractivity contribution < 1.29 is 8.42 Å². The van der Waals surface area contributed by atoms with Crippen LogP contribution >= 0.6 is 11.6 Å². The summed E-state index contributed by atoms with van der Waals surface area (Å²) in [6, 6.07) is 4.27. The second-order valence-electron chi connectivity index (χ2n) is 4.44. The molecule has 0 saturated heterocycles. The Balaban J connectivity index is 2.19. The van der Waals surface area contributed by atoms with E-state index in [0.717, 1.165) is 0 Å². The molecular weight excluding hydrogens is 300 g/mol. The third-order valence-corrected chi connectivity index (χ3v) is 4.80. The first-order chi connectivity index (χ1) is 9.40. The maximum Gasteiger partial charge on any atom is 0.244 e. The van der Waals surface area contributed by atoms with Crippen LogP contribution in [0.4, 0.5) is 5.69 Å². The number of hydrogen-bond acceptors (Lipinski definition) is 4. The molecule has 0 bridgehead atoms. The highest BCUT2D eigenvalue weighted by Gasteiger charge is 2.23. The predicted molar refractivity (Wildman–Crippen MR) is 77.9 cm³/mol. The van der Waals surface area contributed by atoms with Crippen molar-refractivity contribution in [1.82, 2.24) is 14.3 Å². The van der Waals surface area contributed by atoms with Crippen LogP contribution in [0.25, 0.3) is 0 Å². The molecule has 8 heteroatoms. The summed E-state index contributed by atoms with van der Waals surface area (Å²) in [5.41, 5.74) is 5.83. The van der Waals surface area contributed by atoms with E-state index >= 15 is 0 Å². The second kappa shape index (κ2) is 5.82. The third kappa shape index (κ3) is 3.30. The second-order valence-corrected chi connectivity index (χ2v) is 6.50. The number of nitrogens with two attached hydrogens (primary N) is 1. The zero-order valence-corrected chi connectivity index (χ0v) is 12.4. The molecule has 1 heterocycles. The minimum atomic E-state index is -3.76. The highest BCUT2D eigenvalue weighted by Crippen LogP contribution is 2.27. The monoisotopic (exact) mass is 314 g/mol. The summed E-state index contributed by atoms with van der Waals surface area (Å²) < 4.78 is 29.0. The maximum atomic E-state index is 12.3. The standard InChI is InChI=1S/C12H15ClN4O2S/c1-9(7-17-6-5-15-8-17)16-20(18,19)12-10(13)3-2-4-11(12)14/h2-6,8-9,16H,7,14H2,1H3. The van der Waals surface area contributed by atoms with Crippen molar-refractivity contribution in [2.75, 3.05) is 5.73 Å². The van der Waals surface area contributed by atoms with Crippen molar-refractivity contribution in [3.63, 3.8) is 0 Å². The first kappa shape index (κ1) is 14.8. The number of aromatic nitrogens is 2. The van der Waals surface area contributed by atoms with Crippen LogP contribution in [0.3, 0.4) is 0 Å². The van der Waals surface area contributed by atoms with E-state index in [9.17, 15) is 8.42 Å². The summed E-state index contributed by atoms with van der Waals surface area (Å²) in [5, 5.41) is 0.104. The number of rotatable bonds is 5. The van der Waals surface area contributed by atoms with E-state index in [1.165, 1.54) is 12.1 Å². The number of imidazole rings is 1. The van der Waals surface area contributed by atoms with Crippen molar-refractivity contribution in [2.24, 2.45) is 0 Å². The van der Waals surface area contributed by atoms with Gasteiger partial charge in [0.05, 0.1) is 17.0 Å². The Kier molecular flexibility index (Phi) is 4.32. The van der Waals surface area contributed by atoms with Gasteiger partial charge in [-0.05, 0) is 19.1 Å². The van der Waals surface area contributed by atoms with Crippen LogP contribution in [0.5, 0.6) is 0 Å². The maximum absolute atomic E-state index is 12.3.